The molecule has 0 atom stereocenters. The van der Waals surface area contributed by atoms with Crippen LogP contribution in [0.3, 0.4) is 0 Å². The Morgan fingerprint density at radius 2 is 1.67 bits per heavy atom. The number of hydrogen-bond donors (Lipinski definition) is 0. The average molecular weight is 371 g/mol. The van der Waals surface area contributed by atoms with E-state index in [1.165, 1.54) is 13.3 Å². The Bertz CT molecular complexity index is 718. The SMILES string of the molecule is C/C=C/COc1cc(C)c(OCc2cnc(C=NOC)nc2)c(C)c1.CC. The number of benzene rings is 1. The number of rotatable bonds is 8. The maximum atomic E-state index is 5.95. The van der Waals surface area contributed by atoms with E-state index < -0.39 is 0 Å². The highest BCUT2D eigenvalue weighted by Crippen LogP contribution is 2.29. The van der Waals surface area contributed by atoms with Crippen LogP contribution in [0, 0.1) is 13.8 Å². The van der Waals surface area contributed by atoms with Crippen LogP contribution in [-0.2, 0) is 11.4 Å². The van der Waals surface area contributed by atoms with Crippen LogP contribution < -0.4 is 9.47 Å². The van der Waals surface area contributed by atoms with Crippen LogP contribution in [0.5, 0.6) is 11.5 Å². The van der Waals surface area contributed by atoms with Crippen molar-refractivity contribution < 1.29 is 14.3 Å². The molecule has 27 heavy (non-hydrogen) atoms. The van der Waals surface area contributed by atoms with E-state index in [1.54, 1.807) is 12.4 Å². The van der Waals surface area contributed by atoms with Gasteiger partial charge in [-0.15, -0.1) is 0 Å². The predicted molar refractivity (Wildman–Crippen MR) is 109 cm³/mol. The zero-order valence-corrected chi connectivity index (χ0v) is 17.0. The number of aromatic nitrogens is 2. The molecule has 2 rings (SSSR count). The van der Waals surface area contributed by atoms with Gasteiger partial charge in [-0.3, -0.25) is 0 Å². The molecule has 146 valence electrons. The van der Waals surface area contributed by atoms with E-state index in [0.717, 1.165) is 28.2 Å². The number of aryl methyl sites for hydroxylation is 2. The van der Waals surface area contributed by atoms with Crippen molar-refractivity contribution >= 4 is 6.21 Å². The molecule has 0 saturated carbocycles. The largest absolute Gasteiger partial charge is 0.490 e. The van der Waals surface area contributed by atoms with Crippen molar-refractivity contribution in [2.24, 2.45) is 5.16 Å². The Hall–Kier alpha value is -2.89. The molecule has 0 unspecified atom stereocenters. The standard InChI is InChI=1S/C19H23N3O3.C2H6/c1-5-6-7-24-17-8-14(2)19(15(3)9-17)25-13-16-10-20-18(21-11-16)12-22-23-4;1-2/h5-6,8-12H,7,13H2,1-4H3;1-2H3/b6-5+,22-12?;. The van der Waals surface area contributed by atoms with Crippen molar-refractivity contribution in [3.8, 4) is 11.5 Å². The third-order valence-electron chi connectivity index (χ3n) is 3.40. The Kier molecular flexibility index (Phi) is 10.2. The van der Waals surface area contributed by atoms with Crippen LogP contribution in [0.1, 0.15) is 43.3 Å². The first-order valence-electron chi connectivity index (χ1n) is 8.99. The number of nitrogens with zero attached hydrogens (tertiary/aromatic N) is 3. The second kappa shape index (κ2) is 12.5. The van der Waals surface area contributed by atoms with Gasteiger partial charge in [-0.05, 0) is 44.0 Å². The predicted octanol–water partition coefficient (Wildman–Crippen LogP) is 4.63. The van der Waals surface area contributed by atoms with Crippen molar-refractivity contribution in [3.05, 3.63) is 59.2 Å². The first kappa shape index (κ1) is 22.2. The third-order valence-corrected chi connectivity index (χ3v) is 3.40. The minimum atomic E-state index is 0.391. The first-order chi connectivity index (χ1) is 13.1. The second-order valence-electron chi connectivity index (χ2n) is 5.42. The summed E-state index contributed by atoms with van der Waals surface area (Å²) in [6, 6.07) is 3.96. The molecular weight excluding hydrogens is 342 g/mol. The highest BCUT2D eigenvalue weighted by molar-refractivity contribution is 5.73. The van der Waals surface area contributed by atoms with Crippen molar-refractivity contribution in [2.75, 3.05) is 13.7 Å². The number of ether oxygens (including phenoxy) is 2. The van der Waals surface area contributed by atoms with Gasteiger partial charge in [0.15, 0.2) is 5.82 Å². The molecule has 1 heterocycles. The number of hydrogen-bond acceptors (Lipinski definition) is 6. The summed E-state index contributed by atoms with van der Waals surface area (Å²) in [5.74, 6) is 2.18. The monoisotopic (exact) mass is 371 g/mol. The molecule has 0 aliphatic carbocycles. The van der Waals surface area contributed by atoms with Gasteiger partial charge in [0.25, 0.3) is 0 Å². The minimum absolute atomic E-state index is 0.391. The molecule has 0 aliphatic rings. The zero-order chi connectivity index (χ0) is 20.1. The van der Waals surface area contributed by atoms with E-state index in [9.17, 15) is 0 Å². The summed E-state index contributed by atoms with van der Waals surface area (Å²) in [7, 11) is 1.47. The molecule has 0 spiro atoms. The van der Waals surface area contributed by atoms with E-state index in [2.05, 4.69) is 20.0 Å². The van der Waals surface area contributed by atoms with Crippen LogP contribution in [0.4, 0.5) is 0 Å². The van der Waals surface area contributed by atoms with E-state index in [4.69, 9.17) is 9.47 Å². The summed E-state index contributed by atoms with van der Waals surface area (Å²) in [5.41, 5.74) is 2.93. The van der Waals surface area contributed by atoms with Gasteiger partial charge in [0, 0.05) is 18.0 Å². The fourth-order valence-electron chi connectivity index (χ4n) is 2.22. The molecule has 0 fully saturated rings. The van der Waals surface area contributed by atoms with Crippen LogP contribution in [0.15, 0.2) is 41.8 Å². The third kappa shape index (κ3) is 7.48. The lowest BCUT2D eigenvalue weighted by Crippen LogP contribution is -2.03. The molecule has 0 bridgehead atoms. The molecule has 1 aromatic carbocycles. The second-order valence-corrected chi connectivity index (χ2v) is 5.42. The van der Waals surface area contributed by atoms with Crippen molar-refractivity contribution in [3.63, 3.8) is 0 Å². The van der Waals surface area contributed by atoms with Crippen molar-refractivity contribution in [1.82, 2.24) is 9.97 Å². The molecular formula is C21H29N3O3. The summed E-state index contributed by atoms with van der Waals surface area (Å²) in [6.07, 6.45) is 8.81. The zero-order valence-electron chi connectivity index (χ0n) is 17.0. The van der Waals surface area contributed by atoms with E-state index in [1.807, 2.05) is 58.9 Å². The van der Waals surface area contributed by atoms with E-state index in [-0.39, 0.29) is 0 Å². The van der Waals surface area contributed by atoms with Crippen LogP contribution >= 0.6 is 0 Å². The summed E-state index contributed by atoms with van der Waals surface area (Å²) in [5, 5.41) is 3.63. The van der Waals surface area contributed by atoms with E-state index >= 15 is 0 Å². The van der Waals surface area contributed by atoms with Crippen molar-refractivity contribution in [2.45, 2.75) is 41.2 Å². The van der Waals surface area contributed by atoms with Gasteiger partial charge in [-0.2, -0.15) is 0 Å². The van der Waals surface area contributed by atoms with Crippen LogP contribution in [0.2, 0.25) is 0 Å². The lowest BCUT2D eigenvalue weighted by molar-refractivity contribution is 0.215. The number of oxime groups is 1. The van der Waals surface area contributed by atoms with Gasteiger partial charge < -0.3 is 14.3 Å². The quantitative estimate of drug-likeness (QED) is 0.384. The minimum Gasteiger partial charge on any atom is -0.490 e. The van der Waals surface area contributed by atoms with Gasteiger partial charge >= 0.3 is 0 Å². The summed E-state index contributed by atoms with van der Waals surface area (Å²) in [4.78, 5) is 13.0. The smallest absolute Gasteiger partial charge is 0.173 e. The molecule has 0 radical (unpaired) electrons. The first-order valence-corrected chi connectivity index (χ1v) is 8.99. The van der Waals surface area contributed by atoms with Crippen molar-refractivity contribution in [1.29, 1.82) is 0 Å². The van der Waals surface area contributed by atoms with E-state index in [0.29, 0.717) is 19.0 Å². The maximum Gasteiger partial charge on any atom is 0.173 e. The molecule has 0 N–H and O–H groups in total. The summed E-state index contributed by atoms with van der Waals surface area (Å²) >= 11 is 0. The average Bonchev–Trinajstić information content (AvgIpc) is 2.68. The topological polar surface area (TPSA) is 65.8 Å². The lowest BCUT2D eigenvalue weighted by Gasteiger charge is -2.14. The van der Waals surface area contributed by atoms with Crippen LogP contribution in [-0.4, -0.2) is 29.9 Å². The molecule has 1 aromatic heterocycles. The van der Waals surface area contributed by atoms with Gasteiger partial charge in [0.2, 0.25) is 0 Å². The lowest BCUT2D eigenvalue weighted by atomic mass is 10.1. The van der Waals surface area contributed by atoms with Gasteiger partial charge in [-0.1, -0.05) is 31.2 Å². The summed E-state index contributed by atoms with van der Waals surface area (Å²) < 4.78 is 11.6. The highest BCUT2D eigenvalue weighted by Gasteiger charge is 2.08. The highest BCUT2D eigenvalue weighted by atomic mass is 16.6. The fourth-order valence-corrected chi connectivity index (χ4v) is 2.22. The Balaban J connectivity index is 0.00000176. The molecule has 2 aromatic rings. The molecule has 0 amide bonds. The fraction of sp³-hybridized carbons (Fsp3) is 0.381. The molecule has 0 aliphatic heterocycles. The molecule has 6 heteroatoms. The summed E-state index contributed by atoms with van der Waals surface area (Å²) in [6.45, 7) is 10.9. The normalized spacial score (nSPS) is 10.6. The van der Waals surface area contributed by atoms with Gasteiger partial charge in [0.05, 0.1) is 0 Å². The Morgan fingerprint density at radius 1 is 1.04 bits per heavy atom. The molecule has 6 nitrogen and oxygen atoms in total. The van der Waals surface area contributed by atoms with Gasteiger partial charge in [-0.25, -0.2) is 9.97 Å². The Labute approximate surface area is 161 Å². The maximum absolute atomic E-state index is 5.95. The number of allylic oxidation sites excluding steroid dienone is 1. The van der Waals surface area contributed by atoms with Crippen LogP contribution in [0.25, 0.3) is 0 Å². The Morgan fingerprint density at radius 3 is 2.22 bits per heavy atom. The van der Waals surface area contributed by atoms with Gasteiger partial charge in [0.1, 0.15) is 38.0 Å². The molecule has 0 saturated heterocycles.